The van der Waals surface area contributed by atoms with Crippen molar-refractivity contribution in [3.8, 4) is 5.75 Å². The lowest BCUT2D eigenvalue weighted by Gasteiger charge is -2.03. The summed E-state index contributed by atoms with van der Waals surface area (Å²) in [6, 6.07) is 14.4. The molecule has 0 bridgehead atoms. The van der Waals surface area contributed by atoms with Crippen molar-refractivity contribution in [2.45, 2.75) is 0 Å². The fraction of sp³-hybridized carbons (Fsp3) is 0.0588. The molecule has 0 atom stereocenters. The maximum atomic E-state index is 12.0. The van der Waals surface area contributed by atoms with Gasteiger partial charge in [0.2, 0.25) is 5.90 Å². The van der Waals surface area contributed by atoms with E-state index in [-0.39, 0.29) is 11.6 Å². The standard InChI is InChI=1S/C17H12ClNO3/c1-21-15-8-3-2-5-11(15)10-14-17(20)22-16(19-14)12-6-4-7-13(18)9-12/h2-10H,1H3/b14-10-. The summed E-state index contributed by atoms with van der Waals surface area (Å²) in [5.41, 5.74) is 1.64. The first-order valence-corrected chi connectivity index (χ1v) is 6.96. The Bertz CT molecular complexity index is 796. The Balaban J connectivity index is 1.98. The Kier molecular flexibility index (Phi) is 3.94. The Morgan fingerprint density at radius 2 is 2.00 bits per heavy atom. The molecule has 0 aliphatic carbocycles. The van der Waals surface area contributed by atoms with Crippen LogP contribution in [0.2, 0.25) is 5.02 Å². The van der Waals surface area contributed by atoms with Crippen LogP contribution < -0.4 is 4.74 Å². The van der Waals surface area contributed by atoms with Crippen LogP contribution in [0.1, 0.15) is 11.1 Å². The number of nitrogens with zero attached hydrogens (tertiary/aromatic N) is 1. The molecule has 0 unspecified atom stereocenters. The SMILES string of the molecule is COc1ccccc1/C=C1\N=C(c2cccc(Cl)c2)OC1=O. The van der Waals surface area contributed by atoms with Crippen molar-refractivity contribution in [2.75, 3.05) is 7.11 Å². The summed E-state index contributed by atoms with van der Waals surface area (Å²) in [6.45, 7) is 0. The lowest BCUT2D eigenvalue weighted by atomic mass is 10.1. The Morgan fingerprint density at radius 1 is 1.18 bits per heavy atom. The first kappa shape index (κ1) is 14.4. The smallest absolute Gasteiger partial charge is 0.363 e. The number of esters is 1. The Hall–Kier alpha value is -2.59. The number of carbonyl (C=O) groups excluding carboxylic acids is 1. The second-order valence-electron chi connectivity index (χ2n) is 4.59. The number of rotatable bonds is 3. The molecule has 2 aromatic carbocycles. The molecule has 22 heavy (non-hydrogen) atoms. The monoisotopic (exact) mass is 313 g/mol. The van der Waals surface area contributed by atoms with E-state index >= 15 is 0 Å². The van der Waals surface area contributed by atoms with E-state index in [1.165, 1.54) is 0 Å². The molecule has 0 saturated heterocycles. The van der Waals surface area contributed by atoms with E-state index < -0.39 is 5.97 Å². The molecular weight excluding hydrogens is 302 g/mol. The molecule has 0 amide bonds. The molecule has 3 rings (SSSR count). The van der Waals surface area contributed by atoms with Crippen LogP contribution >= 0.6 is 11.6 Å². The van der Waals surface area contributed by atoms with Gasteiger partial charge in [-0.3, -0.25) is 0 Å². The first-order chi connectivity index (χ1) is 10.7. The van der Waals surface area contributed by atoms with Gasteiger partial charge in [-0.2, -0.15) is 0 Å². The van der Waals surface area contributed by atoms with Gasteiger partial charge in [0.25, 0.3) is 0 Å². The molecular formula is C17H12ClNO3. The lowest BCUT2D eigenvalue weighted by molar-refractivity contribution is -0.129. The van der Waals surface area contributed by atoms with Gasteiger partial charge in [0.05, 0.1) is 7.11 Å². The molecule has 0 aromatic heterocycles. The minimum atomic E-state index is -0.499. The summed E-state index contributed by atoms with van der Waals surface area (Å²) < 4.78 is 10.5. The molecule has 4 nitrogen and oxygen atoms in total. The van der Waals surface area contributed by atoms with Crippen molar-refractivity contribution < 1.29 is 14.3 Å². The summed E-state index contributed by atoms with van der Waals surface area (Å²) >= 11 is 5.94. The zero-order valence-corrected chi connectivity index (χ0v) is 12.5. The van der Waals surface area contributed by atoms with E-state index in [9.17, 15) is 4.79 Å². The average Bonchev–Trinajstić information content (AvgIpc) is 2.89. The van der Waals surface area contributed by atoms with E-state index in [4.69, 9.17) is 21.1 Å². The molecule has 110 valence electrons. The highest BCUT2D eigenvalue weighted by atomic mass is 35.5. The van der Waals surface area contributed by atoms with Crippen LogP contribution in [0.3, 0.4) is 0 Å². The van der Waals surface area contributed by atoms with E-state index in [1.807, 2.05) is 24.3 Å². The van der Waals surface area contributed by atoms with Crippen molar-refractivity contribution in [1.82, 2.24) is 0 Å². The minimum Gasteiger partial charge on any atom is -0.496 e. The summed E-state index contributed by atoms with van der Waals surface area (Å²) in [5.74, 6) is 0.406. The van der Waals surface area contributed by atoms with E-state index in [1.54, 1.807) is 37.5 Å². The molecule has 0 N–H and O–H groups in total. The van der Waals surface area contributed by atoms with Crippen LogP contribution in [0, 0.1) is 0 Å². The van der Waals surface area contributed by atoms with Gasteiger partial charge in [0, 0.05) is 16.1 Å². The number of aliphatic imine (C=N–C) groups is 1. The summed E-state index contributed by atoms with van der Waals surface area (Å²) in [5, 5.41) is 0.554. The highest BCUT2D eigenvalue weighted by Crippen LogP contribution is 2.24. The van der Waals surface area contributed by atoms with Crippen LogP contribution in [0.5, 0.6) is 5.75 Å². The van der Waals surface area contributed by atoms with E-state index in [2.05, 4.69) is 4.99 Å². The van der Waals surface area contributed by atoms with Crippen molar-refractivity contribution >= 4 is 29.5 Å². The molecule has 0 fully saturated rings. The normalized spacial score (nSPS) is 15.6. The number of cyclic esters (lactones) is 1. The molecule has 1 heterocycles. The van der Waals surface area contributed by atoms with Gasteiger partial charge >= 0.3 is 5.97 Å². The molecule has 0 radical (unpaired) electrons. The van der Waals surface area contributed by atoms with E-state index in [0.29, 0.717) is 16.3 Å². The predicted octanol–water partition coefficient (Wildman–Crippen LogP) is 3.69. The molecule has 2 aromatic rings. The topological polar surface area (TPSA) is 47.9 Å². The third-order valence-electron chi connectivity index (χ3n) is 3.12. The van der Waals surface area contributed by atoms with Gasteiger partial charge in [-0.15, -0.1) is 0 Å². The van der Waals surface area contributed by atoms with Gasteiger partial charge in [-0.1, -0.05) is 35.9 Å². The van der Waals surface area contributed by atoms with Gasteiger partial charge in [-0.05, 0) is 30.3 Å². The number of hydrogen-bond acceptors (Lipinski definition) is 4. The Labute approximate surface area is 132 Å². The highest BCUT2D eigenvalue weighted by molar-refractivity contribution is 6.31. The quantitative estimate of drug-likeness (QED) is 0.641. The second-order valence-corrected chi connectivity index (χ2v) is 5.02. The lowest BCUT2D eigenvalue weighted by Crippen LogP contribution is -2.05. The fourth-order valence-electron chi connectivity index (χ4n) is 2.09. The molecule has 1 aliphatic rings. The minimum absolute atomic E-state index is 0.222. The van der Waals surface area contributed by atoms with E-state index in [0.717, 1.165) is 5.56 Å². The third kappa shape index (κ3) is 2.87. The summed E-state index contributed by atoms with van der Waals surface area (Å²) in [6.07, 6.45) is 1.64. The molecule has 0 spiro atoms. The number of para-hydroxylation sites is 1. The third-order valence-corrected chi connectivity index (χ3v) is 3.36. The number of methoxy groups -OCH3 is 1. The maximum Gasteiger partial charge on any atom is 0.363 e. The zero-order chi connectivity index (χ0) is 15.5. The molecule has 1 aliphatic heterocycles. The molecule has 5 heteroatoms. The van der Waals surface area contributed by atoms with Crippen LogP contribution in [0.4, 0.5) is 0 Å². The largest absolute Gasteiger partial charge is 0.496 e. The van der Waals surface area contributed by atoms with Crippen LogP contribution in [-0.2, 0) is 9.53 Å². The first-order valence-electron chi connectivity index (χ1n) is 6.59. The van der Waals surface area contributed by atoms with Crippen LogP contribution in [-0.4, -0.2) is 19.0 Å². The summed E-state index contributed by atoms with van der Waals surface area (Å²) in [4.78, 5) is 16.2. The van der Waals surface area contributed by atoms with Crippen LogP contribution in [0.15, 0.2) is 59.2 Å². The predicted molar refractivity (Wildman–Crippen MR) is 85.1 cm³/mol. The van der Waals surface area contributed by atoms with Crippen molar-refractivity contribution in [3.63, 3.8) is 0 Å². The summed E-state index contributed by atoms with van der Waals surface area (Å²) in [7, 11) is 1.57. The fourth-order valence-corrected chi connectivity index (χ4v) is 2.28. The van der Waals surface area contributed by atoms with Gasteiger partial charge < -0.3 is 9.47 Å². The number of carbonyl (C=O) groups is 1. The van der Waals surface area contributed by atoms with Gasteiger partial charge in [0.15, 0.2) is 5.70 Å². The average molecular weight is 314 g/mol. The zero-order valence-electron chi connectivity index (χ0n) is 11.7. The van der Waals surface area contributed by atoms with Gasteiger partial charge in [-0.25, -0.2) is 9.79 Å². The number of ether oxygens (including phenoxy) is 2. The van der Waals surface area contributed by atoms with Crippen molar-refractivity contribution in [3.05, 3.63) is 70.4 Å². The second kappa shape index (κ2) is 6.03. The number of hydrogen-bond donors (Lipinski definition) is 0. The van der Waals surface area contributed by atoms with Crippen molar-refractivity contribution in [2.24, 2.45) is 4.99 Å². The Morgan fingerprint density at radius 3 is 2.77 bits per heavy atom. The van der Waals surface area contributed by atoms with Crippen LogP contribution in [0.25, 0.3) is 6.08 Å². The maximum absolute atomic E-state index is 12.0. The number of halogens is 1. The number of benzene rings is 2. The highest BCUT2D eigenvalue weighted by Gasteiger charge is 2.24. The van der Waals surface area contributed by atoms with Crippen molar-refractivity contribution in [1.29, 1.82) is 0 Å². The van der Waals surface area contributed by atoms with Gasteiger partial charge in [0.1, 0.15) is 5.75 Å². The molecule has 0 saturated carbocycles.